The van der Waals surface area contributed by atoms with Crippen molar-refractivity contribution in [2.45, 2.75) is 45.4 Å². The molecule has 1 nitrogen and oxygen atoms in total. The zero-order valence-corrected chi connectivity index (χ0v) is 8.60. The summed E-state index contributed by atoms with van der Waals surface area (Å²) in [6.07, 6.45) is 12.7. The fourth-order valence-corrected chi connectivity index (χ4v) is 1.18. The fourth-order valence-electron chi connectivity index (χ4n) is 1.18. The summed E-state index contributed by atoms with van der Waals surface area (Å²) in [5, 5.41) is 3.09. The third kappa shape index (κ3) is 9.70. The molecule has 0 saturated carbocycles. The van der Waals surface area contributed by atoms with Crippen LogP contribution in [-0.2, 0) is 0 Å². The Labute approximate surface area is 77.2 Å². The topological polar surface area (TPSA) is 12.0 Å². The summed E-state index contributed by atoms with van der Waals surface area (Å²) in [5.74, 6) is 0. The number of nitrogens with one attached hydrogen (secondary N) is 1. The molecule has 0 saturated heterocycles. The Bertz CT molecular complexity index is 97.2. The van der Waals surface area contributed by atoms with E-state index in [1.165, 1.54) is 38.5 Å². The molecule has 0 aliphatic heterocycles. The van der Waals surface area contributed by atoms with Crippen molar-refractivity contribution < 1.29 is 0 Å². The maximum Gasteiger partial charge on any atom is 0.0131 e. The number of allylic oxidation sites excluding steroid dienone is 1. The molecule has 72 valence electrons. The van der Waals surface area contributed by atoms with Crippen LogP contribution in [0.3, 0.4) is 0 Å². The Balaban J connectivity index is 2.90. The third-order valence-corrected chi connectivity index (χ3v) is 1.96. The maximum atomic E-state index is 3.09. The van der Waals surface area contributed by atoms with E-state index in [-0.39, 0.29) is 0 Å². The SMILES string of the molecule is CCCCCCC/C=C/CNC. The second-order valence-corrected chi connectivity index (χ2v) is 3.23. The second kappa shape index (κ2) is 10.7. The molecular formula is C11H23N. The summed E-state index contributed by atoms with van der Waals surface area (Å²) in [6, 6.07) is 0. The predicted molar refractivity (Wildman–Crippen MR) is 56.4 cm³/mol. The monoisotopic (exact) mass is 169 g/mol. The van der Waals surface area contributed by atoms with E-state index in [0.29, 0.717) is 0 Å². The lowest BCUT2D eigenvalue weighted by atomic mass is 10.1. The Morgan fingerprint density at radius 3 is 2.42 bits per heavy atom. The lowest BCUT2D eigenvalue weighted by Gasteiger charge is -1.95. The molecule has 1 heteroatoms. The van der Waals surface area contributed by atoms with Crippen LogP contribution in [0.4, 0.5) is 0 Å². The summed E-state index contributed by atoms with van der Waals surface area (Å²) in [4.78, 5) is 0. The largest absolute Gasteiger partial charge is 0.316 e. The molecule has 0 aromatic heterocycles. The van der Waals surface area contributed by atoms with Gasteiger partial charge in [0.1, 0.15) is 0 Å². The second-order valence-electron chi connectivity index (χ2n) is 3.23. The minimum absolute atomic E-state index is 1.01. The van der Waals surface area contributed by atoms with Gasteiger partial charge >= 0.3 is 0 Å². The molecule has 0 aromatic carbocycles. The minimum Gasteiger partial charge on any atom is -0.316 e. The fraction of sp³-hybridized carbons (Fsp3) is 0.818. The van der Waals surface area contributed by atoms with Crippen molar-refractivity contribution in [2.24, 2.45) is 0 Å². The van der Waals surface area contributed by atoms with E-state index in [4.69, 9.17) is 0 Å². The first kappa shape index (κ1) is 11.7. The van der Waals surface area contributed by atoms with Crippen LogP contribution in [0, 0.1) is 0 Å². The Hall–Kier alpha value is -0.300. The number of likely N-dealkylation sites (N-methyl/N-ethyl adjacent to an activating group) is 1. The van der Waals surface area contributed by atoms with Crippen LogP contribution in [0.2, 0.25) is 0 Å². The molecular weight excluding hydrogens is 146 g/mol. The van der Waals surface area contributed by atoms with E-state index < -0.39 is 0 Å². The summed E-state index contributed by atoms with van der Waals surface area (Å²) < 4.78 is 0. The van der Waals surface area contributed by atoms with Crippen molar-refractivity contribution in [3.63, 3.8) is 0 Å². The van der Waals surface area contributed by atoms with Crippen molar-refractivity contribution >= 4 is 0 Å². The number of hydrogen-bond acceptors (Lipinski definition) is 1. The Morgan fingerprint density at radius 1 is 1.00 bits per heavy atom. The molecule has 0 unspecified atom stereocenters. The van der Waals surface area contributed by atoms with Gasteiger partial charge in [-0.3, -0.25) is 0 Å². The van der Waals surface area contributed by atoms with Crippen molar-refractivity contribution in [1.29, 1.82) is 0 Å². The van der Waals surface area contributed by atoms with Crippen molar-refractivity contribution in [1.82, 2.24) is 5.32 Å². The van der Waals surface area contributed by atoms with Crippen LogP contribution < -0.4 is 5.32 Å². The van der Waals surface area contributed by atoms with Crippen LogP contribution in [0.25, 0.3) is 0 Å². The minimum atomic E-state index is 1.01. The zero-order chi connectivity index (χ0) is 9.07. The van der Waals surface area contributed by atoms with E-state index in [2.05, 4.69) is 24.4 Å². The Kier molecular flexibility index (Phi) is 10.4. The van der Waals surface area contributed by atoms with Crippen molar-refractivity contribution in [3.8, 4) is 0 Å². The number of hydrogen-bond donors (Lipinski definition) is 1. The standard InChI is InChI=1S/C11H23N/c1-3-4-5-6-7-8-9-10-11-12-2/h9-10,12H,3-8,11H2,1-2H3/b10-9+. The van der Waals surface area contributed by atoms with Gasteiger partial charge in [-0.1, -0.05) is 44.8 Å². The van der Waals surface area contributed by atoms with Crippen LogP contribution in [0.1, 0.15) is 45.4 Å². The van der Waals surface area contributed by atoms with Crippen LogP contribution in [0.15, 0.2) is 12.2 Å². The van der Waals surface area contributed by atoms with Gasteiger partial charge in [0.2, 0.25) is 0 Å². The summed E-state index contributed by atoms with van der Waals surface area (Å²) in [6.45, 7) is 3.27. The van der Waals surface area contributed by atoms with Crippen molar-refractivity contribution in [2.75, 3.05) is 13.6 Å². The molecule has 0 atom stereocenters. The van der Waals surface area contributed by atoms with Gasteiger partial charge in [0.05, 0.1) is 0 Å². The average molecular weight is 169 g/mol. The molecule has 0 aliphatic rings. The lowest BCUT2D eigenvalue weighted by molar-refractivity contribution is 0.637. The van der Waals surface area contributed by atoms with Gasteiger partial charge in [-0.05, 0) is 19.9 Å². The van der Waals surface area contributed by atoms with Crippen LogP contribution in [0.5, 0.6) is 0 Å². The normalized spacial score (nSPS) is 11.2. The molecule has 0 fully saturated rings. The van der Waals surface area contributed by atoms with Crippen LogP contribution >= 0.6 is 0 Å². The third-order valence-electron chi connectivity index (χ3n) is 1.96. The van der Waals surface area contributed by atoms with Gasteiger partial charge in [-0.25, -0.2) is 0 Å². The van der Waals surface area contributed by atoms with Gasteiger partial charge < -0.3 is 5.32 Å². The first-order valence-corrected chi connectivity index (χ1v) is 5.21. The predicted octanol–water partition coefficient (Wildman–Crippen LogP) is 3.12. The maximum absolute atomic E-state index is 3.09. The highest BCUT2D eigenvalue weighted by atomic mass is 14.8. The highest BCUT2D eigenvalue weighted by Crippen LogP contribution is 2.04. The molecule has 0 aliphatic carbocycles. The van der Waals surface area contributed by atoms with E-state index in [0.717, 1.165) is 6.54 Å². The van der Waals surface area contributed by atoms with Gasteiger partial charge in [0.15, 0.2) is 0 Å². The van der Waals surface area contributed by atoms with E-state index in [1.54, 1.807) is 0 Å². The number of unbranched alkanes of at least 4 members (excludes halogenated alkanes) is 5. The van der Waals surface area contributed by atoms with Gasteiger partial charge in [-0.15, -0.1) is 0 Å². The molecule has 12 heavy (non-hydrogen) atoms. The smallest absolute Gasteiger partial charge is 0.0131 e. The Morgan fingerprint density at radius 2 is 1.75 bits per heavy atom. The molecule has 0 aromatic rings. The van der Waals surface area contributed by atoms with Gasteiger partial charge in [0.25, 0.3) is 0 Å². The quantitative estimate of drug-likeness (QED) is 0.435. The molecule has 1 N–H and O–H groups in total. The number of rotatable bonds is 8. The van der Waals surface area contributed by atoms with Crippen molar-refractivity contribution in [3.05, 3.63) is 12.2 Å². The first-order valence-electron chi connectivity index (χ1n) is 5.21. The average Bonchev–Trinajstić information content (AvgIpc) is 2.10. The molecule has 0 spiro atoms. The lowest BCUT2D eigenvalue weighted by Crippen LogP contribution is -2.03. The molecule has 0 heterocycles. The molecule has 0 amide bonds. The highest BCUT2D eigenvalue weighted by Gasteiger charge is 1.85. The van der Waals surface area contributed by atoms with E-state index in [9.17, 15) is 0 Å². The van der Waals surface area contributed by atoms with Crippen LogP contribution in [-0.4, -0.2) is 13.6 Å². The van der Waals surface area contributed by atoms with E-state index in [1.807, 2.05) is 7.05 Å². The van der Waals surface area contributed by atoms with Gasteiger partial charge in [0, 0.05) is 6.54 Å². The van der Waals surface area contributed by atoms with Gasteiger partial charge in [-0.2, -0.15) is 0 Å². The summed E-state index contributed by atoms with van der Waals surface area (Å²) in [7, 11) is 1.98. The summed E-state index contributed by atoms with van der Waals surface area (Å²) >= 11 is 0. The first-order chi connectivity index (χ1) is 5.91. The molecule has 0 bridgehead atoms. The highest BCUT2D eigenvalue weighted by molar-refractivity contribution is 4.82. The zero-order valence-electron chi connectivity index (χ0n) is 8.60. The van der Waals surface area contributed by atoms with E-state index >= 15 is 0 Å². The summed E-state index contributed by atoms with van der Waals surface area (Å²) in [5.41, 5.74) is 0. The molecule has 0 rings (SSSR count). The molecule has 0 radical (unpaired) electrons.